The van der Waals surface area contributed by atoms with Crippen LogP contribution in [0.4, 0.5) is 0 Å². The summed E-state index contributed by atoms with van der Waals surface area (Å²) in [5.41, 5.74) is 0. The standard InChI is InChI=1S/C56H98NO7P/c1-6-8-10-12-14-16-18-20-22-24-26-28-29-30-31-33-35-37-39-41-43-45-47-49-56(58)64-55(54-63-65(59,60)62-52-50-57(3,4)5)53-61-51-48-46-44-42-40-38-36-34-32-27-25-23-21-19-17-15-13-11-9-7-2/h8,10,14-17,20-23,26,28,30-31,35,37,55H,6-7,9,11-13,18-19,24-25,27,29,32-34,36,38-54H2,1-5H3/p+1/b10-8-,16-14-,17-15-,22-20-,23-21-,28-26-,31-30-,37-35-. The molecule has 0 aliphatic carbocycles. The fourth-order valence-electron chi connectivity index (χ4n) is 6.64. The third-order valence-electron chi connectivity index (χ3n) is 10.6. The summed E-state index contributed by atoms with van der Waals surface area (Å²) in [6.07, 6.45) is 65.9. The second-order valence-electron chi connectivity index (χ2n) is 18.2. The minimum atomic E-state index is -4.30. The lowest BCUT2D eigenvalue weighted by molar-refractivity contribution is -0.870. The number of carbonyl (C=O) groups is 1. The van der Waals surface area contributed by atoms with Gasteiger partial charge in [-0.05, 0) is 96.3 Å². The Morgan fingerprint density at radius 2 is 0.892 bits per heavy atom. The summed E-state index contributed by atoms with van der Waals surface area (Å²) in [5.74, 6) is -0.341. The van der Waals surface area contributed by atoms with Gasteiger partial charge in [0, 0.05) is 13.0 Å². The van der Waals surface area contributed by atoms with Crippen LogP contribution in [0.1, 0.15) is 194 Å². The molecule has 2 atom stereocenters. The van der Waals surface area contributed by atoms with Crippen molar-refractivity contribution < 1.29 is 37.3 Å². The van der Waals surface area contributed by atoms with Crippen molar-refractivity contribution in [1.29, 1.82) is 0 Å². The molecule has 0 bridgehead atoms. The molecule has 0 rings (SSSR count). The molecule has 0 aromatic carbocycles. The summed E-state index contributed by atoms with van der Waals surface area (Å²) in [4.78, 5) is 23.0. The molecular weight excluding hydrogens is 830 g/mol. The number of ether oxygens (including phenoxy) is 2. The van der Waals surface area contributed by atoms with Gasteiger partial charge in [-0.3, -0.25) is 13.8 Å². The van der Waals surface area contributed by atoms with Crippen LogP contribution >= 0.6 is 7.82 Å². The molecule has 0 heterocycles. The van der Waals surface area contributed by atoms with E-state index in [0.29, 0.717) is 24.1 Å². The van der Waals surface area contributed by atoms with Crippen LogP contribution in [0.5, 0.6) is 0 Å². The predicted molar refractivity (Wildman–Crippen MR) is 279 cm³/mol. The molecule has 0 radical (unpaired) electrons. The Kier molecular flexibility index (Phi) is 46.0. The van der Waals surface area contributed by atoms with Crippen molar-refractivity contribution in [3.05, 3.63) is 97.2 Å². The molecule has 374 valence electrons. The lowest BCUT2D eigenvalue weighted by Crippen LogP contribution is -2.37. The van der Waals surface area contributed by atoms with Gasteiger partial charge >= 0.3 is 13.8 Å². The van der Waals surface area contributed by atoms with E-state index in [4.69, 9.17) is 18.5 Å². The van der Waals surface area contributed by atoms with Crippen molar-refractivity contribution in [2.75, 3.05) is 54.1 Å². The highest BCUT2D eigenvalue weighted by molar-refractivity contribution is 7.47. The van der Waals surface area contributed by atoms with Gasteiger partial charge in [-0.1, -0.05) is 188 Å². The number of phosphoric ester groups is 1. The average molecular weight is 929 g/mol. The fraction of sp³-hybridized carbons (Fsp3) is 0.696. The van der Waals surface area contributed by atoms with Gasteiger partial charge in [0.1, 0.15) is 19.3 Å². The smallest absolute Gasteiger partial charge is 0.457 e. The summed E-state index contributed by atoms with van der Waals surface area (Å²) in [6, 6.07) is 0. The molecule has 0 amide bonds. The zero-order valence-corrected chi connectivity index (χ0v) is 43.3. The van der Waals surface area contributed by atoms with Crippen molar-refractivity contribution in [2.45, 2.75) is 200 Å². The van der Waals surface area contributed by atoms with Crippen LogP contribution in [0.15, 0.2) is 97.2 Å². The number of carbonyl (C=O) groups excluding carboxylic acids is 1. The largest absolute Gasteiger partial charge is 0.472 e. The van der Waals surface area contributed by atoms with Gasteiger partial charge in [-0.15, -0.1) is 0 Å². The van der Waals surface area contributed by atoms with Gasteiger partial charge in [0.15, 0.2) is 0 Å². The Labute approximate surface area is 400 Å². The van der Waals surface area contributed by atoms with E-state index in [1.165, 1.54) is 83.5 Å². The minimum absolute atomic E-state index is 0.0773. The first kappa shape index (κ1) is 62.4. The second kappa shape index (κ2) is 47.9. The fourth-order valence-corrected chi connectivity index (χ4v) is 7.39. The Balaban J connectivity index is 4.24. The van der Waals surface area contributed by atoms with Crippen LogP contribution in [0.3, 0.4) is 0 Å². The minimum Gasteiger partial charge on any atom is -0.457 e. The topological polar surface area (TPSA) is 91.3 Å². The number of allylic oxidation sites excluding steroid dienone is 16. The molecule has 0 spiro atoms. The number of hydrogen-bond acceptors (Lipinski definition) is 6. The van der Waals surface area contributed by atoms with E-state index >= 15 is 0 Å². The molecule has 0 fully saturated rings. The first-order valence-electron chi connectivity index (χ1n) is 26.0. The lowest BCUT2D eigenvalue weighted by atomic mass is 10.1. The average Bonchev–Trinajstić information content (AvgIpc) is 3.27. The van der Waals surface area contributed by atoms with Crippen molar-refractivity contribution in [3.8, 4) is 0 Å². The molecule has 0 saturated heterocycles. The third-order valence-corrected chi connectivity index (χ3v) is 11.6. The molecule has 65 heavy (non-hydrogen) atoms. The van der Waals surface area contributed by atoms with Gasteiger partial charge in [0.2, 0.25) is 0 Å². The van der Waals surface area contributed by atoms with Gasteiger partial charge in [-0.2, -0.15) is 0 Å². The Hall–Kier alpha value is -2.58. The maximum atomic E-state index is 12.8. The SMILES string of the molecule is CC/C=C\C/C=C\C/C=C\C/C=C\C/C=C\C/C=C\CCCCCCC(=O)OC(COCCCCCCCCCCCC/C=C\C/C=C\CCCCC)COP(=O)(O)OCC[N+](C)(C)C. The first-order valence-corrected chi connectivity index (χ1v) is 27.5. The Morgan fingerprint density at radius 3 is 1.34 bits per heavy atom. The highest BCUT2D eigenvalue weighted by atomic mass is 31.2. The summed E-state index contributed by atoms with van der Waals surface area (Å²) in [7, 11) is 1.63. The number of phosphoric acid groups is 1. The van der Waals surface area contributed by atoms with E-state index in [-0.39, 0.29) is 25.8 Å². The van der Waals surface area contributed by atoms with E-state index in [1.807, 2.05) is 21.1 Å². The van der Waals surface area contributed by atoms with Crippen LogP contribution in [0.2, 0.25) is 0 Å². The molecule has 0 aromatic heterocycles. The zero-order chi connectivity index (χ0) is 47.6. The number of nitrogens with zero attached hydrogens (tertiary/aromatic N) is 1. The quantitative estimate of drug-likeness (QED) is 0.0214. The molecule has 0 saturated carbocycles. The number of hydrogen-bond donors (Lipinski definition) is 1. The van der Waals surface area contributed by atoms with Crippen LogP contribution in [0, 0.1) is 0 Å². The van der Waals surface area contributed by atoms with Crippen LogP contribution in [-0.4, -0.2) is 75.6 Å². The van der Waals surface area contributed by atoms with Gasteiger partial charge in [0.25, 0.3) is 0 Å². The summed E-state index contributed by atoms with van der Waals surface area (Å²) < 4.78 is 35.1. The lowest BCUT2D eigenvalue weighted by Gasteiger charge is -2.24. The maximum Gasteiger partial charge on any atom is 0.472 e. The third kappa shape index (κ3) is 52.3. The maximum absolute atomic E-state index is 12.8. The number of unbranched alkanes of at least 4 members (excludes halogenated alkanes) is 17. The number of rotatable bonds is 47. The molecule has 2 unspecified atom stereocenters. The number of esters is 1. The van der Waals surface area contributed by atoms with Crippen LogP contribution in [-0.2, 0) is 27.9 Å². The second-order valence-corrected chi connectivity index (χ2v) is 19.6. The van der Waals surface area contributed by atoms with Gasteiger partial charge in [-0.25, -0.2) is 4.57 Å². The van der Waals surface area contributed by atoms with Crippen LogP contribution in [0.25, 0.3) is 0 Å². The Bertz CT molecular complexity index is 1360. The highest BCUT2D eigenvalue weighted by Gasteiger charge is 2.26. The van der Waals surface area contributed by atoms with E-state index in [1.54, 1.807) is 0 Å². The first-order chi connectivity index (χ1) is 31.6. The number of likely N-dealkylation sites (N-methyl/N-ethyl adjacent to an activating group) is 1. The monoisotopic (exact) mass is 929 g/mol. The van der Waals surface area contributed by atoms with E-state index in [2.05, 4.69) is 111 Å². The summed E-state index contributed by atoms with van der Waals surface area (Å²) in [5, 5.41) is 0. The van der Waals surface area contributed by atoms with E-state index in [9.17, 15) is 14.3 Å². The summed E-state index contributed by atoms with van der Waals surface area (Å²) in [6.45, 7) is 5.43. The molecule has 8 nitrogen and oxygen atoms in total. The molecule has 0 aliphatic rings. The van der Waals surface area contributed by atoms with Gasteiger partial charge in [0.05, 0.1) is 34.4 Å². The Morgan fingerprint density at radius 1 is 0.492 bits per heavy atom. The van der Waals surface area contributed by atoms with Crippen molar-refractivity contribution >= 4 is 13.8 Å². The van der Waals surface area contributed by atoms with Crippen molar-refractivity contribution in [2.24, 2.45) is 0 Å². The molecule has 0 aromatic rings. The van der Waals surface area contributed by atoms with E-state index in [0.717, 1.165) is 89.9 Å². The van der Waals surface area contributed by atoms with Gasteiger partial charge < -0.3 is 18.9 Å². The normalized spacial score (nSPS) is 14.4. The molecule has 1 N–H and O–H groups in total. The van der Waals surface area contributed by atoms with Crippen LogP contribution < -0.4 is 0 Å². The van der Waals surface area contributed by atoms with Crippen molar-refractivity contribution in [1.82, 2.24) is 0 Å². The zero-order valence-electron chi connectivity index (χ0n) is 42.4. The highest BCUT2D eigenvalue weighted by Crippen LogP contribution is 2.43. The predicted octanol–water partition coefficient (Wildman–Crippen LogP) is 16.2. The molecule has 9 heteroatoms. The number of quaternary nitrogens is 1. The molecule has 0 aliphatic heterocycles. The van der Waals surface area contributed by atoms with E-state index < -0.39 is 13.9 Å². The molecular formula is C56H99NO7P+. The van der Waals surface area contributed by atoms with Crippen molar-refractivity contribution in [3.63, 3.8) is 0 Å². The summed E-state index contributed by atoms with van der Waals surface area (Å²) >= 11 is 0.